The first-order chi connectivity index (χ1) is 9.13. The SMILES string of the molecule is Cc1ccc(-c2ccc3cc(C(=O)O)sc3c2)cn1. The molecule has 0 spiro atoms. The maximum atomic E-state index is 11.0. The number of carbonyl (C=O) groups is 1. The summed E-state index contributed by atoms with van der Waals surface area (Å²) in [5.74, 6) is -0.875. The van der Waals surface area contributed by atoms with Gasteiger partial charge in [-0.1, -0.05) is 18.2 Å². The van der Waals surface area contributed by atoms with Crippen LogP contribution in [0.1, 0.15) is 15.4 Å². The second-order valence-electron chi connectivity index (χ2n) is 4.36. The largest absolute Gasteiger partial charge is 0.477 e. The number of rotatable bonds is 2. The van der Waals surface area contributed by atoms with Gasteiger partial charge >= 0.3 is 5.97 Å². The van der Waals surface area contributed by atoms with E-state index in [0.717, 1.165) is 26.9 Å². The number of thiophene rings is 1. The standard InChI is InChI=1S/C15H11NO2S/c1-9-2-3-12(8-16-9)10-4-5-11-7-14(15(17)18)19-13(11)6-10/h2-8H,1H3,(H,17,18). The Hall–Kier alpha value is -2.20. The number of fused-ring (bicyclic) bond motifs is 1. The van der Waals surface area contributed by atoms with E-state index in [4.69, 9.17) is 5.11 Å². The van der Waals surface area contributed by atoms with Crippen molar-refractivity contribution in [3.05, 3.63) is 53.2 Å². The van der Waals surface area contributed by atoms with Crippen molar-refractivity contribution in [2.24, 2.45) is 0 Å². The van der Waals surface area contributed by atoms with Gasteiger partial charge in [0, 0.05) is 22.2 Å². The van der Waals surface area contributed by atoms with E-state index in [9.17, 15) is 4.79 Å². The molecule has 0 aliphatic heterocycles. The quantitative estimate of drug-likeness (QED) is 0.765. The molecule has 19 heavy (non-hydrogen) atoms. The molecule has 0 fully saturated rings. The van der Waals surface area contributed by atoms with E-state index < -0.39 is 5.97 Å². The van der Waals surface area contributed by atoms with Crippen molar-refractivity contribution in [3.8, 4) is 11.1 Å². The average Bonchev–Trinajstić information content (AvgIpc) is 2.82. The summed E-state index contributed by atoms with van der Waals surface area (Å²) in [6.07, 6.45) is 1.84. The molecule has 0 atom stereocenters. The minimum atomic E-state index is -0.875. The van der Waals surface area contributed by atoms with Gasteiger partial charge in [0.25, 0.3) is 0 Å². The van der Waals surface area contributed by atoms with Crippen LogP contribution in [0.25, 0.3) is 21.2 Å². The van der Waals surface area contributed by atoms with E-state index in [-0.39, 0.29) is 0 Å². The van der Waals surface area contributed by atoms with Gasteiger partial charge in [0.2, 0.25) is 0 Å². The zero-order valence-corrected chi connectivity index (χ0v) is 11.1. The van der Waals surface area contributed by atoms with Crippen molar-refractivity contribution in [1.82, 2.24) is 4.98 Å². The molecule has 3 aromatic rings. The minimum Gasteiger partial charge on any atom is -0.477 e. The molecule has 3 rings (SSSR count). The van der Waals surface area contributed by atoms with Gasteiger partial charge in [0.15, 0.2) is 0 Å². The van der Waals surface area contributed by atoms with Crippen molar-refractivity contribution >= 4 is 27.4 Å². The number of hydrogen-bond acceptors (Lipinski definition) is 3. The van der Waals surface area contributed by atoms with E-state index in [1.54, 1.807) is 6.07 Å². The molecular formula is C15H11NO2S. The summed E-state index contributed by atoms with van der Waals surface area (Å²) in [6, 6.07) is 11.7. The fourth-order valence-electron chi connectivity index (χ4n) is 1.95. The number of aromatic nitrogens is 1. The summed E-state index contributed by atoms with van der Waals surface area (Å²) in [6.45, 7) is 1.95. The van der Waals surface area contributed by atoms with Crippen LogP contribution >= 0.6 is 11.3 Å². The summed E-state index contributed by atoms with van der Waals surface area (Å²) in [5.41, 5.74) is 3.07. The normalized spacial score (nSPS) is 10.8. The number of nitrogens with zero attached hydrogens (tertiary/aromatic N) is 1. The topological polar surface area (TPSA) is 50.2 Å². The lowest BCUT2D eigenvalue weighted by molar-refractivity contribution is 0.0702. The van der Waals surface area contributed by atoms with Gasteiger partial charge in [-0.2, -0.15) is 0 Å². The highest BCUT2D eigenvalue weighted by molar-refractivity contribution is 7.20. The van der Waals surface area contributed by atoms with Crippen LogP contribution in [-0.4, -0.2) is 16.1 Å². The molecular weight excluding hydrogens is 258 g/mol. The Morgan fingerprint density at radius 1 is 1.16 bits per heavy atom. The Morgan fingerprint density at radius 3 is 2.63 bits per heavy atom. The van der Waals surface area contributed by atoms with Crippen molar-refractivity contribution in [1.29, 1.82) is 0 Å². The molecule has 0 unspecified atom stereocenters. The van der Waals surface area contributed by atoms with Gasteiger partial charge in [-0.3, -0.25) is 4.98 Å². The highest BCUT2D eigenvalue weighted by Crippen LogP contribution is 2.30. The lowest BCUT2D eigenvalue weighted by Gasteiger charge is -2.01. The predicted octanol–water partition coefficient (Wildman–Crippen LogP) is 3.97. The van der Waals surface area contributed by atoms with Gasteiger partial charge < -0.3 is 5.11 Å². The highest BCUT2D eigenvalue weighted by Gasteiger charge is 2.09. The Labute approximate surface area is 114 Å². The van der Waals surface area contributed by atoms with Gasteiger partial charge in [-0.25, -0.2) is 4.79 Å². The van der Waals surface area contributed by atoms with Crippen molar-refractivity contribution in [3.63, 3.8) is 0 Å². The van der Waals surface area contributed by atoms with E-state index in [0.29, 0.717) is 4.88 Å². The maximum absolute atomic E-state index is 11.0. The molecule has 0 aliphatic rings. The highest BCUT2D eigenvalue weighted by atomic mass is 32.1. The average molecular weight is 269 g/mol. The van der Waals surface area contributed by atoms with Gasteiger partial charge in [0.1, 0.15) is 4.88 Å². The zero-order valence-electron chi connectivity index (χ0n) is 10.3. The second-order valence-corrected chi connectivity index (χ2v) is 5.44. The Kier molecular flexibility index (Phi) is 2.80. The van der Waals surface area contributed by atoms with E-state index >= 15 is 0 Å². The number of pyridine rings is 1. The van der Waals surface area contributed by atoms with Crippen molar-refractivity contribution in [2.75, 3.05) is 0 Å². The molecule has 0 radical (unpaired) electrons. The van der Waals surface area contributed by atoms with E-state index in [1.165, 1.54) is 11.3 Å². The van der Waals surface area contributed by atoms with Crippen LogP contribution in [0.2, 0.25) is 0 Å². The van der Waals surface area contributed by atoms with Crippen LogP contribution < -0.4 is 0 Å². The van der Waals surface area contributed by atoms with Crippen molar-refractivity contribution < 1.29 is 9.90 Å². The van der Waals surface area contributed by atoms with Crippen LogP contribution in [-0.2, 0) is 0 Å². The molecule has 2 aromatic heterocycles. The summed E-state index contributed by atoms with van der Waals surface area (Å²) in [5, 5.41) is 9.97. The first-order valence-corrected chi connectivity index (χ1v) is 6.65. The molecule has 0 saturated heterocycles. The van der Waals surface area contributed by atoms with Gasteiger partial charge in [-0.05, 0) is 36.1 Å². The zero-order chi connectivity index (χ0) is 13.4. The number of aryl methyl sites for hydroxylation is 1. The number of carboxylic acids is 1. The number of carboxylic acid groups (broad SMARTS) is 1. The lowest BCUT2D eigenvalue weighted by Crippen LogP contribution is -1.89. The summed E-state index contributed by atoms with van der Waals surface area (Å²) in [4.78, 5) is 15.6. The Bertz CT molecular complexity index is 759. The first kappa shape index (κ1) is 11.9. The molecule has 0 amide bonds. The van der Waals surface area contributed by atoms with Crippen LogP contribution in [0.15, 0.2) is 42.6 Å². The summed E-state index contributed by atoms with van der Waals surface area (Å²) in [7, 11) is 0. The second kappa shape index (κ2) is 4.48. The maximum Gasteiger partial charge on any atom is 0.345 e. The van der Waals surface area contributed by atoms with Gasteiger partial charge in [-0.15, -0.1) is 11.3 Å². The first-order valence-electron chi connectivity index (χ1n) is 5.83. The van der Waals surface area contributed by atoms with Crippen molar-refractivity contribution in [2.45, 2.75) is 6.92 Å². The molecule has 1 aromatic carbocycles. The molecule has 0 aliphatic carbocycles. The number of aromatic carboxylic acids is 1. The molecule has 0 bridgehead atoms. The molecule has 4 heteroatoms. The smallest absolute Gasteiger partial charge is 0.345 e. The molecule has 94 valence electrons. The van der Waals surface area contributed by atoms with Crippen LogP contribution in [0.5, 0.6) is 0 Å². The summed E-state index contributed by atoms with van der Waals surface area (Å²) >= 11 is 1.30. The third-order valence-corrected chi connectivity index (χ3v) is 4.06. The Balaban J connectivity index is 2.10. The molecule has 1 N–H and O–H groups in total. The Morgan fingerprint density at radius 2 is 1.95 bits per heavy atom. The fourth-order valence-corrected chi connectivity index (χ4v) is 2.90. The van der Waals surface area contributed by atoms with Crippen LogP contribution in [0.3, 0.4) is 0 Å². The number of hydrogen-bond donors (Lipinski definition) is 1. The molecule has 3 nitrogen and oxygen atoms in total. The van der Waals surface area contributed by atoms with E-state index in [2.05, 4.69) is 4.98 Å². The molecule has 2 heterocycles. The monoisotopic (exact) mass is 269 g/mol. The molecule has 0 saturated carbocycles. The lowest BCUT2D eigenvalue weighted by atomic mass is 10.1. The summed E-state index contributed by atoms with van der Waals surface area (Å²) < 4.78 is 0.982. The minimum absolute atomic E-state index is 0.370. The van der Waals surface area contributed by atoms with Gasteiger partial charge in [0.05, 0.1) is 0 Å². The third-order valence-electron chi connectivity index (χ3n) is 2.98. The predicted molar refractivity (Wildman–Crippen MR) is 76.8 cm³/mol. The van der Waals surface area contributed by atoms with Crippen LogP contribution in [0.4, 0.5) is 0 Å². The number of benzene rings is 1. The third kappa shape index (κ3) is 2.22. The van der Waals surface area contributed by atoms with Crippen LogP contribution in [0, 0.1) is 6.92 Å². The fraction of sp³-hybridized carbons (Fsp3) is 0.0667. The van der Waals surface area contributed by atoms with E-state index in [1.807, 2.05) is 43.5 Å².